The molecule has 2 heterocycles. The number of nitrogens with zero attached hydrogens (tertiary/aromatic N) is 3. The van der Waals surface area contributed by atoms with Crippen LogP contribution in [0.25, 0.3) is 0 Å². The standard InChI is InChI=1S/C12H13N5O3S/c1-2-19-12(18)9-10(14)7(5-13)21-11(9)15-4-3-8-16-6-20-17-8/h6,15H,2-4,14H2,1H3. The Kier molecular flexibility index (Phi) is 4.73. The fourth-order valence-electron chi connectivity index (χ4n) is 1.65. The van der Waals surface area contributed by atoms with Crippen molar-refractivity contribution in [2.75, 3.05) is 24.2 Å². The lowest BCUT2D eigenvalue weighted by Gasteiger charge is -2.06. The fraction of sp³-hybridized carbons (Fsp3) is 0.333. The lowest BCUT2D eigenvalue weighted by molar-refractivity contribution is 0.0529. The molecule has 0 aliphatic rings. The molecule has 0 fully saturated rings. The van der Waals surface area contributed by atoms with Gasteiger partial charge in [0.15, 0.2) is 5.82 Å². The van der Waals surface area contributed by atoms with E-state index in [-0.39, 0.29) is 22.7 Å². The third-order valence-electron chi connectivity index (χ3n) is 2.57. The highest BCUT2D eigenvalue weighted by molar-refractivity contribution is 7.17. The minimum Gasteiger partial charge on any atom is -0.462 e. The minimum absolute atomic E-state index is 0.142. The monoisotopic (exact) mass is 307 g/mol. The highest BCUT2D eigenvalue weighted by Gasteiger charge is 2.23. The van der Waals surface area contributed by atoms with Crippen molar-refractivity contribution in [2.45, 2.75) is 13.3 Å². The summed E-state index contributed by atoms with van der Waals surface area (Å²) in [7, 11) is 0. The largest absolute Gasteiger partial charge is 0.462 e. The van der Waals surface area contributed by atoms with E-state index >= 15 is 0 Å². The second kappa shape index (κ2) is 6.71. The molecule has 0 saturated carbocycles. The van der Waals surface area contributed by atoms with Crippen LogP contribution in [-0.2, 0) is 11.2 Å². The molecule has 21 heavy (non-hydrogen) atoms. The Bertz CT molecular complexity index is 659. The molecule has 2 aromatic rings. The molecular formula is C12H13N5O3S. The summed E-state index contributed by atoms with van der Waals surface area (Å²) in [6.07, 6.45) is 1.76. The number of nitrogen functional groups attached to an aromatic ring is 1. The van der Waals surface area contributed by atoms with E-state index in [1.807, 2.05) is 6.07 Å². The predicted molar refractivity (Wildman–Crippen MR) is 75.9 cm³/mol. The molecule has 0 aromatic carbocycles. The van der Waals surface area contributed by atoms with Gasteiger partial charge < -0.3 is 20.3 Å². The number of thiophene rings is 1. The van der Waals surface area contributed by atoms with E-state index in [4.69, 9.17) is 15.7 Å². The molecular weight excluding hydrogens is 294 g/mol. The highest BCUT2D eigenvalue weighted by atomic mass is 32.1. The number of nitriles is 1. The number of aromatic nitrogens is 2. The molecule has 0 bridgehead atoms. The van der Waals surface area contributed by atoms with Crippen LogP contribution in [0.3, 0.4) is 0 Å². The Hall–Kier alpha value is -2.60. The van der Waals surface area contributed by atoms with Crippen LogP contribution in [0.4, 0.5) is 10.7 Å². The lowest BCUT2D eigenvalue weighted by atomic mass is 10.2. The van der Waals surface area contributed by atoms with Crippen LogP contribution in [-0.4, -0.2) is 29.3 Å². The number of anilines is 2. The van der Waals surface area contributed by atoms with Gasteiger partial charge in [-0.2, -0.15) is 10.2 Å². The summed E-state index contributed by atoms with van der Waals surface area (Å²) in [5.41, 5.74) is 6.16. The van der Waals surface area contributed by atoms with Crippen molar-refractivity contribution in [1.82, 2.24) is 10.1 Å². The summed E-state index contributed by atoms with van der Waals surface area (Å²) in [4.78, 5) is 16.1. The number of carbonyl (C=O) groups is 1. The molecule has 3 N–H and O–H groups in total. The van der Waals surface area contributed by atoms with E-state index in [9.17, 15) is 4.79 Å². The molecule has 9 heteroatoms. The molecule has 0 radical (unpaired) electrons. The number of carbonyl (C=O) groups excluding carboxylic acids is 1. The Morgan fingerprint density at radius 3 is 3.10 bits per heavy atom. The Balaban J connectivity index is 2.13. The topological polar surface area (TPSA) is 127 Å². The average Bonchev–Trinajstić information content (AvgIpc) is 3.07. The van der Waals surface area contributed by atoms with Gasteiger partial charge in [-0.15, -0.1) is 11.3 Å². The normalized spacial score (nSPS) is 10.1. The lowest BCUT2D eigenvalue weighted by Crippen LogP contribution is -2.11. The smallest absolute Gasteiger partial charge is 0.343 e. The van der Waals surface area contributed by atoms with Gasteiger partial charge in [-0.25, -0.2) is 4.79 Å². The van der Waals surface area contributed by atoms with E-state index < -0.39 is 5.97 Å². The maximum Gasteiger partial charge on any atom is 0.343 e. The minimum atomic E-state index is -0.546. The summed E-state index contributed by atoms with van der Waals surface area (Å²) < 4.78 is 9.59. The van der Waals surface area contributed by atoms with Crippen LogP contribution in [0.1, 0.15) is 28.0 Å². The Morgan fingerprint density at radius 2 is 2.48 bits per heavy atom. The van der Waals surface area contributed by atoms with Crippen molar-refractivity contribution >= 4 is 28.0 Å². The van der Waals surface area contributed by atoms with Gasteiger partial charge >= 0.3 is 5.97 Å². The molecule has 8 nitrogen and oxygen atoms in total. The zero-order valence-corrected chi connectivity index (χ0v) is 12.1. The summed E-state index contributed by atoms with van der Waals surface area (Å²) in [6.45, 7) is 2.41. The molecule has 2 rings (SSSR count). The average molecular weight is 307 g/mol. The van der Waals surface area contributed by atoms with Crippen LogP contribution in [0.2, 0.25) is 0 Å². The van der Waals surface area contributed by atoms with E-state index in [1.165, 1.54) is 6.39 Å². The summed E-state index contributed by atoms with van der Waals surface area (Å²) >= 11 is 1.12. The molecule has 0 atom stereocenters. The molecule has 0 saturated heterocycles. The van der Waals surface area contributed by atoms with Crippen molar-refractivity contribution in [1.29, 1.82) is 5.26 Å². The van der Waals surface area contributed by atoms with Crippen molar-refractivity contribution < 1.29 is 14.1 Å². The zero-order chi connectivity index (χ0) is 15.2. The van der Waals surface area contributed by atoms with Gasteiger partial charge in [-0.3, -0.25) is 0 Å². The summed E-state index contributed by atoms with van der Waals surface area (Å²) in [5.74, 6) is 0.0000283. The zero-order valence-electron chi connectivity index (χ0n) is 11.3. The maximum absolute atomic E-state index is 11.9. The molecule has 0 unspecified atom stereocenters. The van der Waals surface area contributed by atoms with Crippen molar-refractivity contribution in [2.24, 2.45) is 0 Å². The summed E-state index contributed by atoms with van der Waals surface area (Å²) in [6, 6.07) is 1.96. The molecule has 0 aliphatic heterocycles. The Labute approximate surface area is 124 Å². The number of rotatable bonds is 6. The first-order valence-corrected chi connectivity index (χ1v) is 6.97. The first-order chi connectivity index (χ1) is 10.2. The van der Waals surface area contributed by atoms with E-state index in [1.54, 1.807) is 6.92 Å². The first-order valence-electron chi connectivity index (χ1n) is 6.16. The van der Waals surface area contributed by atoms with E-state index in [0.29, 0.717) is 23.8 Å². The fourth-order valence-corrected chi connectivity index (χ4v) is 2.58. The van der Waals surface area contributed by atoms with Crippen LogP contribution in [0.15, 0.2) is 10.9 Å². The number of nitrogens with one attached hydrogen (secondary N) is 1. The SMILES string of the molecule is CCOC(=O)c1c(NCCc2ncon2)sc(C#N)c1N. The van der Waals surface area contributed by atoms with Gasteiger partial charge in [0.1, 0.15) is 21.5 Å². The first kappa shape index (κ1) is 14.8. The molecule has 2 aromatic heterocycles. The number of hydrogen-bond donors (Lipinski definition) is 2. The quantitative estimate of drug-likeness (QED) is 0.767. The van der Waals surface area contributed by atoms with Crippen LogP contribution in [0, 0.1) is 11.3 Å². The van der Waals surface area contributed by atoms with Gasteiger partial charge in [0.05, 0.1) is 12.3 Å². The molecule has 0 aliphatic carbocycles. The van der Waals surface area contributed by atoms with E-state index in [2.05, 4.69) is 20.0 Å². The van der Waals surface area contributed by atoms with Crippen molar-refractivity contribution in [3.05, 3.63) is 22.7 Å². The van der Waals surface area contributed by atoms with E-state index in [0.717, 1.165) is 11.3 Å². The number of hydrogen-bond acceptors (Lipinski definition) is 9. The second-order valence-corrected chi connectivity index (χ2v) is 4.93. The molecule has 0 spiro atoms. The number of ether oxygens (including phenoxy) is 1. The summed E-state index contributed by atoms with van der Waals surface area (Å²) in [5, 5.41) is 16.3. The maximum atomic E-state index is 11.9. The van der Waals surface area contributed by atoms with Crippen molar-refractivity contribution in [3.8, 4) is 6.07 Å². The van der Waals surface area contributed by atoms with Crippen LogP contribution in [0.5, 0.6) is 0 Å². The number of nitrogens with two attached hydrogens (primary N) is 1. The van der Waals surface area contributed by atoms with Crippen LogP contribution >= 0.6 is 11.3 Å². The Morgan fingerprint density at radius 1 is 1.67 bits per heavy atom. The molecule has 110 valence electrons. The van der Waals surface area contributed by atoms with Gasteiger partial charge in [0.2, 0.25) is 6.39 Å². The third-order valence-corrected chi connectivity index (χ3v) is 3.64. The van der Waals surface area contributed by atoms with Gasteiger partial charge in [-0.1, -0.05) is 5.16 Å². The van der Waals surface area contributed by atoms with Gasteiger partial charge in [0.25, 0.3) is 0 Å². The van der Waals surface area contributed by atoms with Gasteiger partial charge in [-0.05, 0) is 6.92 Å². The van der Waals surface area contributed by atoms with Crippen molar-refractivity contribution in [3.63, 3.8) is 0 Å². The second-order valence-electron chi connectivity index (χ2n) is 3.91. The number of esters is 1. The molecule has 0 amide bonds. The predicted octanol–water partition coefficient (Wildman–Crippen LogP) is 1.42. The van der Waals surface area contributed by atoms with Crippen LogP contribution < -0.4 is 11.1 Å². The van der Waals surface area contributed by atoms with Gasteiger partial charge in [0, 0.05) is 13.0 Å². The highest BCUT2D eigenvalue weighted by Crippen LogP contribution is 2.35. The third kappa shape index (κ3) is 3.29.